The first kappa shape index (κ1) is 20.8. The van der Waals surface area contributed by atoms with Crippen LogP contribution in [0.2, 0.25) is 0 Å². The standard InChI is InChI=1S/C22H24N4O5/c1-10-8-14(12(3)28-10)16-9-15(17-11(2)25-31-19(17)23-16)20(27)29-13(4)18-24-21(26-30-18)22(5,6)7/h8-9,13H,1-7H3. The summed E-state index contributed by atoms with van der Waals surface area (Å²) >= 11 is 0. The molecule has 4 aromatic rings. The van der Waals surface area contributed by atoms with Crippen LogP contribution in [0.3, 0.4) is 0 Å². The third-order valence-corrected chi connectivity index (χ3v) is 4.90. The second-order valence-corrected chi connectivity index (χ2v) is 8.58. The van der Waals surface area contributed by atoms with Gasteiger partial charge in [-0.25, -0.2) is 9.78 Å². The Balaban J connectivity index is 1.71. The summed E-state index contributed by atoms with van der Waals surface area (Å²) in [7, 11) is 0. The molecule has 0 aliphatic rings. The van der Waals surface area contributed by atoms with Crippen molar-refractivity contribution in [3.05, 3.63) is 46.6 Å². The second-order valence-electron chi connectivity index (χ2n) is 8.58. The fourth-order valence-corrected chi connectivity index (χ4v) is 3.26. The normalized spacial score (nSPS) is 13.0. The highest BCUT2D eigenvalue weighted by atomic mass is 16.6. The Hall–Kier alpha value is -3.49. The number of rotatable bonds is 4. The van der Waals surface area contributed by atoms with Crippen LogP contribution in [-0.4, -0.2) is 26.3 Å². The van der Waals surface area contributed by atoms with Crippen molar-refractivity contribution in [2.75, 3.05) is 0 Å². The number of hydrogen-bond acceptors (Lipinski definition) is 9. The Morgan fingerprint density at radius 3 is 2.42 bits per heavy atom. The molecule has 0 aliphatic carbocycles. The molecule has 0 aliphatic heterocycles. The topological polar surface area (TPSA) is 117 Å². The van der Waals surface area contributed by atoms with Crippen molar-refractivity contribution in [1.82, 2.24) is 20.3 Å². The molecule has 0 saturated carbocycles. The summed E-state index contributed by atoms with van der Waals surface area (Å²) in [5.41, 5.74) is 2.10. The van der Waals surface area contributed by atoms with E-state index in [1.165, 1.54) is 0 Å². The number of carbonyl (C=O) groups excluding carboxylic acids is 1. The van der Waals surface area contributed by atoms with Crippen LogP contribution in [0.4, 0.5) is 0 Å². The second kappa shape index (κ2) is 7.33. The minimum absolute atomic E-state index is 0.229. The van der Waals surface area contributed by atoms with E-state index in [1.54, 1.807) is 19.9 Å². The van der Waals surface area contributed by atoms with Gasteiger partial charge in [0.2, 0.25) is 0 Å². The average molecular weight is 424 g/mol. The SMILES string of the molecule is Cc1cc(-c2cc(C(=O)OC(C)c3nc(C(C)(C)C)no3)c3c(C)noc3n2)c(C)o1. The van der Waals surface area contributed by atoms with E-state index < -0.39 is 12.1 Å². The smallest absolute Gasteiger partial charge is 0.339 e. The molecule has 162 valence electrons. The lowest BCUT2D eigenvalue weighted by atomic mass is 9.96. The Labute approximate surface area is 178 Å². The van der Waals surface area contributed by atoms with Crippen molar-refractivity contribution in [3.8, 4) is 11.3 Å². The molecule has 0 radical (unpaired) electrons. The minimum Gasteiger partial charge on any atom is -0.466 e. The average Bonchev–Trinajstić information content (AvgIpc) is 3.39. The first-order valence-corrected chi connectivity index (χ1v) is 9.94. The van der Waals surface area contributed by atoms with Crippen LogP contribution in [0.15, 0.2) is 25.6 Å². The quantitative estimate of drug-likeness (QED) is 0.417. The van der Waals surface area contributed by atoms with E-state index in [9.17, 15) is 4.79 Å². The minimum atomic E-state index is -0.735. The maximum absolute atomic E-state index is 13.1. The zero-order valence-electron chi connectivity index (χ0n) is 18.6. The number of aryl methyl sites for hydroxylation is 3. The molecule has 4 rings (SSSR count). The summed E-state index contributed by atoms with van der Waals surface area (Å²) < 4.78 is 21.9. The van der Waals surface area contributed by atoms with Gasteiger partial charge < -0.3 is 18.2 Å². The van der Waals surface area contributed by atoms with E-state index in [0.717, 1.165) is 11.3 Å². The van der Waals surface area contributed by atoms with E-state index in [-0.39, 0.29) is 17.0 Å². The van der Waals surface area contributed by atoms with Gasteiger partial charge in [0, 0.05) is 11.0 Å². The number of ether oxygens (including phenoxy) is 1. The van der Waals surface area contributed by atoms with Crippen LogP contribution in [0, 0.1) is 20.8 Å². The monoisotopic (exact) mass is 424 g/mol. The van der Waals surface area contributed by atoms with Crippen LogP contribution in [0.1, 0.15) is 73.1 Å². The predicted molar refractivity (Wildman–Crippen MR) is 111 cm³/mol. The number of hydrogen-bond donors (Lipinski definition) is 0. The predicted octanol–water partition coefficient (Wildman–Crippen LogP) is 5.01. The summed E-state index contributed by atoms with van der Waals surface area (Å²) in [6, 6.07) is 3.52. The molecule has 0 spiro atoms. The van der Waals surface area contributed by atoms with Gasteiger partial charge in [0.15, 0.2) is 11.9 Å². The first-order valence-electron chi connectivity index (χ1n) is 9.94. The van der Waals surface area contributed by atoms with E-state index in [2.05, 4.69) is 20.3 Å². The third kappa shape index (κ3) is 3.83. The number of esters is 1. The number of aromatic nitrogens is 4. The summed E-state index contributed by atoms with van der Waals surface area (Å²) in [4.78, 5) is 22.0. The van der Waals surface area contributed by atoms with Crippen molar-refractivity contribution in [1.29, 1.82) is 0 Å². The van der Waals surface area contributed by atoms with Gasteiger partial charge >= 0.3 is 5.97 Å². The number of carbonyl (C=O) groups is 1. The summed E-state index contributed by atoms with van der Waals surface area (Å²) in [5.74, 6) is 1.63. The highest BCUT2D eigenvalue weighted by Gasteiger charge is 2.27. The zero-order valence-corrected chi connectivity index (χ0v) is 18.6. The first-order chi connectivity index (χ1) is 14.5. The number of furan rings is 1. The van der Waals surface area contributed by atoms with Gasteiger partial charge in [-0.05, 0) is 39.8 Å². The molecule has 0 saturated heterocycles. The lowest BCUT2D eigenvalue weighted by Gasteiger charge is -2.12. The van der Waals surface area contributed by atoms with Gasteiger partial charge in [-0.15, -0.1) is 0 Å². The lowest BCUT2D eigenvalue weighted by Crippen LogP contribution is -2.14. The Kier molecular flexibility index (Phi) is 4.91. The molecule has 1 atom stereocenters. The molecule has 0 bridgehead atoms. The van der Waals surface area contributed by atoms with Gasteiger partial charge in [-0.3, -0.25) is 0 Å². The van der Waals surface area contributed by atoms with Crippen molar-refractivity contribution in [2.24, 2.45) is 0 Å². The highest BCUT2D eigenvalue weighted by molar-refractivity contribution is 6.04. The Morgan fingerprint density at radius 1 is 1.06 bits per heavy atom. The van der Waals surface area contributed by atoms with Crippen LogP contribution in [0.5, 0.6) is 0 Å². The van der Waals surface area contributed by atoms with Crippen molar-refractivity contribution < 1.29 is 23.0 Å². The van der Waals surface area contributed by atoms with Crippen LogP contribution < -0.4 is 0 Å². The molecule has 1 unspecified atom stereocenters. The van der Waals surface area contributed by atoms with Gasteiger partial charge in [0.1, 0.15) is 11.5 Å². The molecule has 0 amide bonds. The van der Waals surface area contributed by atoms with Gasteiger partial charge in [0.05, 0.1) is 22.3 Å². The molecular weight excluding hydrogens is 400 g/mol. The van der Waals surface area contributed by atoms with Crippen molar-refractivity contribution >= 4 is 17.1 Å². The Morgan fingerprint density at radius 2 is 1.81 bits per heavy atom. The van der Waals surface area contributed by atoms with E-state index >= 15 is 0 Å². The molecule has 4 aromatic heterocycles. The maximum atomic E-state index is 13.1. The summed E-state index contributed by atoms with van der Waals surface area (Å²) in [6.45, 7) is 13.0. The largest absolute Gasteiger partial charge is 0.466 e. The molecule has 4 heterocycles. The van der Waals surface area contributed by atoms with E-state index in [1.807, 2.05) is 40.7 Å². The van der Waals surface area contributed by atoms with Gasteiger partial charge in [0.25, 0.3) is 11.6 Å². The van der Waals surface area contributed by atoms with E-state index in [4.69, 9.17) is 18.2 Å². The summed E-state index contributed by atoms with van der Waals surface area (Å²) in [5, 5.41) is 8.45. The molecular formula is C22H24N4O5. The van der Waals surface area contributed by atoms with Crippen LogP contribution in [-0.2, 0) is 10.2 Å². The van der Waals surface area contributed by atoms with E-state index in [0.29, 0.717) is 33.9 Å². The number of nitrogens with zero attached hydrogens (tertiary/aromatic N) is 4. The molecule has 31 heavy (non-hydrogen) atoms. The molecule has 9 nitrogen and oxygen atoms in total. The summed E-state index contributed by atoms with van der Waals surface area (Å²) in [6.07, 6.45) is -0.735. The highest BCUT2D eigenvalue weighted by Crippen LogP contribution is 2.31. The molecule has 0 fully saturated rings. The van der Waals surface area contributed by atoms with Crippen molar-refractivity contribution in [3.63, 3.8) is 0 Å². The van der Waals surface area contributed by atoms with Crippen molar-refractivity contribution in [2.45, 2.75) is 60.0 Å². The lowest BCUT2D eigenvalue weighted by molar-refractivity contribution is 0.0267. The molecule has 0 N–H and O–H groups in total. The van der Waals surface area contributed by atoms with Crippen LogP contribution in [0.25, 0.3) is 22.4 Å². The molecule has 9 heteroatoms. The third-order valence-electron chi connectivity index (χ3n) is 4.90. The zero-order chi connectivity index (χ0) is 22.5. The number of fused-ring (bicyclic) bond motifs is 1. The van der Waals surface area contributed by atoms with Crippen LogP contribution >= 0.6 is 0 Å². The number of pyridine rings is 1. The Bertz CT molecular complexity index is 1280. The fraction of sp³-hybridized carbons (Fsp3) is 0.409. The maximum Gasteiger partial charge on any atom is 0.339 e. The molecule has 0 aromatic carbocycles. The fourth-order valence-electron chi connectivity index (χ4n) is 3.26. The van der Waals surface area contributed by atoms with Gasteiger partial charge in [-0.2, -0.15) is 4.98 Å². The van der Waals surface area contributed by atoms with Gasteiger partial charge in [-0.1, -0.05) is 31.1 Å².